The number of rotatable bonds is 5. The fourth-order valence-electron chi connectivity index (χ4n) is 1.35. The van der Waals surface area contributed by atoms with Gasteiger partial charge < -0.3 is 15.4 Å². The van der Waals surface area contributed by atoms with Crippen LogP contribution in [0.3, 0.4) is 0 Å². The number of amides is 1. The molecule has 2 N–H and O–H groups in total. The molecule has 0 aliphatic carbocycles. The third-order valence-corrected chi connectivity index (χ3v) is 3.92. The zero-order valence-corrected chi connectivity index (χ0v) is 11.6. The van der Waals surface area contributed by atoms with Crippen LogP contribution in [0.5, 0.6) is 5.75 Å². The molecule has 1 aromatic carbocycles. The molecule has 1 amide bonds. The first kappa shape index (κ1) is 14.5. The van der Waals surface area contributed by atoms with E-state index in [-0.39, 0.29) is 11.7 Å². The number of nitrogens with zero attached hydrogens (tertiary/aromatic N) is 1. The minimum atomic E-state index is -1.43. The minimum absolute atomic E-state index is 0.0510. The van der Waals surface area contributed by atoms with Crippen LogP contribution in [-0.2, 0) is 15.6 Å². The number of hydrogen-bond acceptors (Lipinski definition) is 4. The topological polar surface area (TPSA) is 72.6 Å². The first-order chi connectivity index (χ1) is 8.49. The third kappa shape index (κ3) is 3.46. The second-order valence-corrected chi connectivity index (χ2v) is 5.23. The molecule has 1 aromatic rings. The van der Waals surface area contributed by atoms with E-state index in [9.17, 15) is 9.00 Å². The van der Waals surface area contributed by atoms with Gasteiger partial charge in [-0.05, 0) is 19.1 Å². The van der Waals surface area contributed by atoms with Gasteiger partial charge in [0, 0.05) is 25.3 Å². The predicted molar refractivity (Wildman–Crippen MR) is 72.0 cm³/mol. The molecule has 1 rings (SSSR count). The molecule has 0 radical (unpaired) electrons. The van der Waals surface area contributed by atoms with Gasteiger partial charge in [0.1, 0.15) is 11.5 Å². The molecule has 0 aliphatic heterocycles. The van der Waals surface area contributed by atoms with Crippen molar-refractivity contribution in [2.75, 3.05) is 32.2 Å². The molecule has 0 heterocycles. The molecule has 100 valence electrons. The molecule has 0 aliphatic rings. The van der Waals surface area contributed by atoms with Gasteiger partial charge in [-0.25, -0.2) is 0 Å². The molecule has 6 heteroatoms. The van der Waals surface area contributed by atoms with Gasteiger partial charge in [-0.1, -0.05) is 0 Å². The number of methoxy groups -OCH3 is 1. The molecule has 0 fully saturated rings. The largest absolute Gasteiger partial charge is 0.495 e. The molecular weight excluding hydrogens is 252 g/mol. The van der Waals surface area contributed by atoms with Crippen LogP contribution in [0, 0.1) is 0 Å². The number of ether oxygens (including phenoxy) is 1. The number of carbonyl (C=O) groups is 1. The maximum Gasteiger partial charge on any atom is 0.235 e. The number of nitrogen functional groups attached to an aromatic ring is 1. The van der Waals surface area contributed by atoms with Crippen LogP contribution in [0.2, 0.25) is 0 Å². The number of nitrogens with two attached hydrogens (primary N) is 1. The highest BCUT2D eigenvalue weighted by Gasteiger charge is 2.16. The highest BCUT2D eigenvalue weighted by Crippen LogP contribution is 2.24. The van der Waals surface area contributed by atoms with E-state index in [0.29, 0.717) is 22.9 Å². The van der Waals surface area contributed by atoms with E-state index in [4.69, 9.17) is 10.5 Å². The highest BCUT2D eigenvalue weighted by molar-refractivity contribution is 7.85. The smallest absolute Gasteiger partial charge is 0.235 e. The Hall–Kier alpha value is -1.56. The maximum atomic E-state index is 12.1. The lowest BCUT2D eigenvalue weighted by Crippen LogP contribution is -2.30. The van der Waals surface area contributed by atoms with Crippen molar-refractivity contribution in [1.29, 1.82) is 0 Å². The molecule has 0 aromatic heterocycles. The molecule has 0 spiro atoms. The first-order valence-corrected chi connectivity index (χ1v) is 6.87. The van der Waals surface area contributed by atoms with Crippen molar-refractivity contribution in [3.8, 4) is 5.75 Å². The van der Waals surface area contributed by atoms with Gasteiger partial charge in [0.15, 0.2) is 0 Å². The van der Waals surface area contributed by atoms with Crippen LogP contribution in [0.15, 0.2) is 23.1 Å². The molecule has 5 nitrogen and oxygen atoms in total. The maximum absolute atomic E-state index is 12.1. The summed E-state index contributed by atoms with van der Waals surface area (Å²) < 4.78 is 17.2. The summed E-state index contributed by atoms with van der Waals surface area (Å²) >= 11 is 0. The molecule has 0 saturated heterocycles. The molecular formula is C12H18N2O3S. The average molecular weight is 270 g/mol. The van der Waals surface area contributed by atoms with Crippen molar-refractivity contribution in [3.05, 3.63) is 18.2 Å². The van der Waals surface area contributed by atoms with E-state index in [1.807, 2.05) is 6.92 Å². The quantitative estimate of drug-likeness (QED) is 0.806. The van der Waals surface area contributed by atoms with E-state index in [1.165, 1.54) is 12.0 Å². The van der Waals surface area contributed by atoms with E-state index in [0.717, 1.165) is 0 Å². The summed E-state index contributed by atoms with van der Waals surface area (Å²) in [6.45, 7) is 2.46. The lowest BCUT2D eigenvalue weighted by Gasteiger charge is -2.14. The SMILES string of the molecule is CCN(C)C(=O)CS(=O)c1ccc(N)cc1OC. The summed E-state index contributed by atoms with van der Waals surface area (Å²) in [5, 5.41) is 0. The zero-order valence-electron chi connectivity index (χ0n) is 10.8. The summed E-state index contributed by atoms with van der Waals surface area (Å²) in [5.41, 5.74) is 6.15. The first-order valence-electron chi connectivity index (χ1n) is 5.55. The van der Waals surface area contributed by atoms with Gasteiger partial charge in [-0.3, -0.25) is 9.00 Å². The highest BCUT2D eigenvalue weighted by atomic mass is 32.2. The second kappa shape index (κ2) is 6.39. The fourth-order valence-corrected chi connectivity index (χ4v) is 2.54. The van der Waals surface area contributed by atoms with Crippen LogP contribution >= 0.6 is 0 Å². The van der Waals surface area contributed by atoms with Gasteiger partial charge in [-0.15, -0.1) is 0 Å². The number of benzene rings is 1. The van der Waals surface area contributed by atoms with E-state index >= 15 is 0 Å². The van der Waals surface area contributed by atoms with E-state index in [2.05, 4.69) is 0 Å². The standard InChI is InChI=1S/C12H18N2O3S/c1-4-14(2)12(15)8-18(16)11-6-5-9(13)7-10(11)17-3/h5-7H,4,8,13H2,1-3H3. The fraction of sp³-hybridized carbons (Fsp3) is 0.417. The summed E-state index contributed by atoms with van der Waals surface area (Å²) in [6.07, 6.45) is 0. The molecule has 0 bridgehead atoms. The summed E-state index contributed by atoms with van der Waals surface area (Å²) in [7, 11) is 1.73. The van der Waals surface area contributed by atoms with Gasteiger partial charge >= 0.3 is 0 Å². The Balaban J connectivity index is 2.88. The van der Waals surface area contributed by atoms with Gasteiger partial charge in [0.25, 0.3) is 0 Å². The lowest BCUT2D eigenvalue weighted by atomic mass is 10.3. The normalized spacial score (nSPS) is 11.9. The number of anilines is 1. The van der Waals surface area contributed by atoms with Crippen molar-refractivity contribution in [3.63, 3.8) is 0 Å². The third-order valence-electron chi connectivity index (χ3n) is 2.59. The van der Waals surface area contributed by atoms with Gasteiger partial charge in [0.05, 0.1) is 22.8 Å². The Bertz CT molecular complexity index is 463. The van der Waals surface area contributed by atoms with Crippen molar-refractivity contribution in [2.45, 2.75) is 11.8 Å². The lowest BCUT2D eigenvalue weighted by molar-refractivity contribution is -0.126. The van der Waals surface area contributed by atoms with Crippen LogP contribution in [0.25, 0.3) is 0 Å². The Morgan fingerprint density at radius 2 is 2.17 bits per heavy atom. The van der Waals surface area contributed by atoms with E-state index in [1.54, 1.807) is 25.2 Å². The molecule has 1 atom stereocenters. The minimum Gasteiger partial charge on any atom is -0.495 e. The van der Waals surface area contributed by atoms with Crippen molar-refractivity contribution in [2.24, 2.45) is 0 Å². The predicted octanol–water partition coefficient (Wildman–Crippen LogP) is 0.863. The molecule has 0 saturated carbocycles. The van der Waals surface area contributed by atoms with Crippen LogP contribution in [0.1, 0.15) is 6.92 Å². The Kier molecular flexibility index (Phi) is 5.15. The van der Waals surface area contributed by atoms with Crippen LogP contribution in [0.4, 0.5) is 5.69 Å². The summed E-state index contributed by atoms with van der Waals surface area (Å²) in [4.78, 5) is 13.7. The Morgan fingerprint density at radius 1 is 1.50 bits per heavy atom. The van der Waals surface area contributed by atoms with Crippen molar-refractivity contribution in [1.82, 2.24) is 4.90 Å². The van der Waals surface area contributed by atoms with Crippen LogP contribution < -0.4 is 10.5 Å². The van der Waals surface area contributed by atoms with Gasteiger partial charge in [-0.2, -0.15) is 0 Å². The summed E-state index contributed by atoms with van der Waals surface area (Å²) in [5.74, 6) is 0.236. The summed E-state index contributed by atoms with van der Waals surface area (Å²) in [6, 6.07) is 4.87. The molecule has 18 heavy (non-hydrogen) atoms. The van der Waals surface area contributed by atoms with Crippen LogP contribution in [-0.4, -0.2) is 41.5 Å². The van der Waals surface area contributed by atoms with Crippen molar-refractivity contribution >= 4 is 22.4 Å². The monoisotopic (exact) mass is 270 g/mol. The Morgan fingerprint density at radius 3 is 2.72 bits per heavy atom. The average Bonchev–Trinajstić information content (AvgIpc) is 2.37. The zero-order chi connectivity index (χ0) is 13.7. The van der Waals surface area contributed by atoms with Gasteiger partial charge in [0.2, 0.25) is 5.91 Å². The molecule has 1 unspecified atom stereocenters. The van der Waals surface area contributed by atoms with Crippen molar-refractivity contribution < 1.29 is 13.7 Å². The number of hydrogen-bond donors (Lipinski definition) is 1. The Labute approximate surface area is 109 Å². The number of carbonyl (C=O) groups excluding carboxylic acids is 1. The van der Waals surface area contributed by atoms with E-state index < -0.39 is 10.8 Å². The second-order valence-electron chi connectivity index (χ2n) is 3.81.